The molecule has 94 valence electrons. The molecule has 0 saturated carbocycles. The minimum atomic E-state index is 0.237. The average Bonchev–Trinajstić information content (AvgIpc) is 2.40. The van der Waals surface area contributed by atoms with Gasteiger partial charge in [0.1, 0.15) is 6.10 Å². The fourth-order valence-electron chi connectivity index (χ4n) is 1.94. The molecule has 0 bridgehead atoms. The standard InChI is InChI=1S/C13H20N2O2/c1-10(14-2)12-4-3-7-15-13(12)17-11-5-8-16-9-6-11/h3-4,7,10-11,14H,5-6,8-9H2,1-2H3. The Balaban J connectivity index is 2.08. The van der Waals surface area contributed by atoms with Gasteiger partial charge in [-0.15, -0.1) is 0 Å². The van der Waals surface area contributed by atoms with Crippen LogP contribution in [0, 0.1) is 0 Å². The van der Waals surface area contributed by atoms with Crippen LogP contribution in [0.15, 0.2) is 18.3 Å². The molecule has 4 heteroatoms. The number of nitrogens with zero attached hydrogens (tertiary/aromatic N) is 1. The number of aromatic nitrogens is 1. The fraction of sp³-hybridized carbons (Fsp3) is 0.615. The van der Waals surface area contributed by atoms with Crippen LogP contribution in [0.2, 0.25) is 0 Å². The highest BCUT2D eigenvalue weighted by Crippen LogP contribution is 2.24. The van der Waals surface area contributed by atoms with Gasteiger partial charge in [-0.05, 0) is 20.0 Å². The van der Waals surface area contributed by atoms with Crippen molar-refractivity contribution >= 4 is 0 Å². The monoisotopic (exact) mass is 236 g/mol. The molecule has 1 saturated heterocycles. The first-order valence-electron chi connectivity index (χ1n) is 6.18. The van der Waals surface area contributed by atoms with Gasteiger partial charge in [-0.25, -0.2) is 4.98 Å². The first-order valence-corrected chi connectivity index (χ1v) is 6.18. The van der Waals surface area contributed by atoms with Crippen molar-refractivity contribution in [2.75, 3.05) is 20.3 Å². The maximum absolute atomic E-state index is 5.98. The molecule has 4 nitrogen and oxygen atoms in total. The van der Waals surface area contributed by atoms with Crippen LogP contribution in [0.4, 0.5) is 0 Å². The first-order chi connectivity index (χ1) is 8.31. The molecule has 1 atom stereocenters. The normalized spacial score (nSPS) is 18.9. The lowest BCUT2D eigenvalue weighted by Gasteiger charge is -2.24. The predicted octanol–water partition coefficient (Wildman–Crippen LogP) is 1.92. The SMILES string of the molecule is CNC(C)c1cccnc1OC1CCOCC1. The molecule has 1 fully saturated rings. The Morgan fingerprint density at radius 3 is 2.94 bits per heavy atom. The van der Waals surface area contributed by atoms with Gasteiger partial charge in [0.2, 0.25) is 5.88 Å². The molecule has 1 unspecified atom stereocenters. The molecule has 1 N–H and O–H groups in total. The summed E-state index contributed by atoms with van der Waals surface area (Å²) in [6, 6.07) is 4.25. The topological polar surface area (TPSA) is 43.4 Å². The average molecular weight is 236 g/mol. The third-order valence-corrected chi connectivity index (χ3v) is 3.15. The molecular formula is C13H20N2O2. The summed E-state index contributed by atoms with van der Waals surface area (Å²) in [7, 11) is 1.94. The third kappa shape index (κ3) is 3.17. The maximum Gasteiger partial charge on any atom is 0.218 e. The summed E-state index contributed by atoms with van der Waals surface area (Å²) >= 11 is 0. The summed E-state index contributed by atoms with van der Waals surface area (Å²) in [5.74, 6) is 0.751. The van der Waals surface area contributed by atoms with Crippen LogP contribution in [-0.4, -0.2) is 31.3 Å². The smallest absolute Gasteiger partial charge is 0.218 e. The minimum Gasteiger partial charge on any atom is -0.474 e. The third-order valence-electron chi connectivity index (χ3n) is 3.15. The van der Waals surface area contributed by atoms with E-state index in [1.807, 2.05) is 13.1 Å². The highest BCUT2D eigenvalue weighted by atomic mass is 16.5. The molecule has 2 rings (SSSR count). The molecular weight excluding hydrogens is 216 g/mol. The molecule has 1 aliphatic heterocycles. The van der Waals surface area contributed by atoms with E-state index in [9.17, 15) is 0 Å². The zero-order chi connectivity index (χ0) is 12.1. The summed E-state index contributed by atoms with van der Waals surface area (Å²) in [6.45, 7) is 3.68. The van der Waals surface area contributed by atoms with Gasteiger partial charge in [0.15, 0.2) is 0 Å². The van der Waals surface area contributed by atoms with E-state index in [4.69, 9.17) is 9.47 Å². The summed E-state index contributed by atoms with van der Waals surface area (Å²) in [5, 5.41) is 3.21. The Morgan fingerprint density at radius 2 is 2.24 bits per heavy atom. The molecule has 0 aromatic carbocycles. The molecule has 0 aliphatic carbocycles. The number of ether oxygens (including phenoxy) is 2. The molecule has 0 amide bonds. The lowest BCUT2D eigenvalue weighted by Crippen LogP contribution is -2.27. The lowest BCUT2D eigenvalue weighted by atomic mass is 10.1. The summed E-state index contributed by atoms with van der Waals surface area (Å²) in [6.07, 6.45) is 3.91. The van der Waals surface area contributed by atoms with Crippen LogP contribution >= 0.6 is 0 Å². The Kier molecular flexibility index (Phi) is 4.34. The van der Waals surface area contributed by atoms with Crippen LogP contribution in [0.25, 0.3) is 0 Å². The molecule has 1 aromatic heterocycles. The van der Waals surface area contributed by atoms with Crippen molar-refractivity contribution < 1.29 is 9.47 Å². The number of hydrogen-bond acceptors (Lipinski definition) is 4. The van der Waals surface area contributed by atoms with Gasteiger partial charge < -0.3 is 14.8 Å². The van der Waals surface area contributed by atoms with Crippen molar-refractivity contribution in [3.05, 3.63) is 23.9 Å². The second-order valence-electron chi connectivity index (χ2n) is 4.34. The number of pyridine rings is 1. The minimum absolute atomic E-state index is 0.237. The molecule has 0 spiro atoms. The van der Waals surface area contributed by atoms with Crippen LogP contribution < -0.4 is 10.1 Å². The van der Waals surface area contributed by atoms with Gasteiger partial charge in [-0.1, -0.05) is 6.07 Å². The molecule has 1 aromatic rings. The van der Waals surface area contributed by atoms with Gasteiger partial charge >= 0.3 is 0 Å². The van der Waals surface area contributed by atoms with Crippen molar-refractivity contribution in [1.82, 2.24) is 10.3 Å². The maximum atomic E-state index is 5.98. The Hall–Kier alpha value is -1.13. The van der Waals surface area contributed by atoms with Crippen molar-refractivity contribution in [1.29, 1.82) is 0 Å². The summed E-state index contributed by atoms with van der Waals surface area (Å²) in [4.78, 5) is 4.34. The number of rotatable bonds is 4. The largest absolute Gasteiger partial charge is 0.474 e. The van der Waals surface area contributed by atoms with E-state index in [0.29, 0.717) is 0 Å². The van der Waals surface area contributed by atoms with Crippen LogP contribution in [0.5, 0.6) is 5.88 Å². The van der Waals surface area contributed by atoms with Gasteiger partial charge in [-0.3, -0.25) is 0 Å². The van der Waals surface area contributed by atoms with Crippen LogP contribution in [0.3, 0.4) is 0 Å². The second-order valence-corrected chi connectivity index (χ2v) is 4.34. The highest BCUT2D eigenvalue weighted by molar-refractivity contribution is 5.28. The van der Waals surface area contributed by atoms with Gasteiger partial charge in [-0.2, -0.15) is 0 Å². The highest BCUT2D eigenvalue weighted by Gasteiger charge is 2.18. The van der Waals surface area contributed by atoms with Gasteiger partial charge in [0.25, 0.3) is 0 Å². The lowest BCUT2D eigenvalue weighted by molar-refractivity contribution is 0.0231. The van der Waals surface area contributed by atoms with E-state index >= 15 is 0 Å². The van der Waals surface area contributed by atoms with E-state index in [2.05, 4.69) is 23.3 Å². The van der Waals surface area contributed by atoms with Gasteiger partial charge in [0.05, 0.1) is 13.2 Å². The zero-order valence-electron chi connectivity index (χ0n) is 10.5. The van der Waals surface area contributed by atoms with E-state index in [1.54, 1.807) is 6.20 Å². The second kappa shape index (κ2) is 5.98. The first kappa shape index (κ1) is 12.3. The van der Waals surface area contributed by atoms with Gasteiger partial charge in [0, 0.05) is 30.6 Å². The van der Waals surface area contributed by atoms with Crippen molar-refractivity contribution in [3.8, 4) is 5.88 Å². The number of nitrogens with one attached hydrogen (secondary N) is 1. The van der Waals surface area contributed by atoms with Crippen molar-refractivity contribution in [3.63, 3.8) is 0 Å². The molecule has 1 aliphatic rings. The quantitative estimate of drug-likeness (QED) is 0.867. The Bertz CT molecular complexity index is 351. The van der Waals surface area contributed by atoms with Crippen LogP contribution in [0.1, 0.15) is 31.4 Å². The Labute approximate surface area is 102 Å². The Morgan fingerprint density at radius 1 is 1.47 bits per heavy atom. The van der Waals surface area contributed by atoms with E-state index in [-0.39, 0.29) is 12.1 Å². The van der Waals surface area contributed by atoms with E-state index < -0.39 is 0 Å². The van der Waals surface area contributed by atoms with Crippen molar-refractivity contribution in [2.45, 2.75) is 31.9 Å². The number of hydrogen-bond donors (Lipinski definition) is 1. The van der Waals surface area contributed by atoms with Crippen LogP contribution in [-0.2, 0) is 4.74 Å². The summed E-state index contributed by atoms with van der Waals surface area (Å²) in [5.41, 5.74) is 1.11. The van der Waals surface area contributed by atoms with E-state index in [1.165, 1.54) is 0 Å². The molecule has 0 radical (unpaired) electrons. The van der Waals surface area contributed by atoms with Crippen molar-refractivity contribution in [2.24, 2.45) is 0 Å². The predicted molar refractivity (Wildman–Crippen MR) is 66.2 cm³/mol. The summed E-state index contributed by atoms with van der Waals surface area (Å²) < 4.78 is 11.3. The molecule has 17 heavy (non-hydrogen) atoms. The van der Waals surface area contributed by atoms with E-state index in [0.717, 1.165) is 37.5 Å². The molecule has 2 heterocycles. The fourth-order valence-corrected chi connectivity index (χ4v) is 1.94. The zero-order valence-corrected chi connectivity index (χ0v) is 10.5.